The fourth-order valence-corrected chi connectivity index (χ4v) is 4.28. The van der Waals surface area contributed by atoms with E-state index in [2.05, 4.69) is 15.5 Å². The number of aromatic carboxylic acids is 1. The van der Waals surface area contributed by atoms with Crippen LogP contribution in [-0.4, -0.2) is 30.2 Å². The third kappa shape index (κ3) is 5.36. The first kappa shape index (κ1) is 24.5. The zero-order valence-electron chi connectivity index (χ0n) is 18.8. The number of nitrogens with one attached hydrogen (secondary N) is 3. The topological polar surface area (TPSA) is 126 Å². The van der Waals surface area contributed by atoms with Gasteiger partial charge < -0.3 is 25.3 Å². The van der Waals surface area contributed by atoms with E-state index < -0.39 is 23.8 Å². The second-order valence-electron chi connectivity index (χ2n) is 7.44. The Morgan fingerprint density at radius 2 is 1.81 bits per heavy atom. The molecule has 4 N–H and O–H groups in total. The van der Waals surface area contributed by atoms with Crippen molar-refractivity contribution in [1.82, 2.24) is 5.48 Å². The maximum absolute atomic E-state index is 14.6. The molecule has 0 unspecified atom stereocenters. The highest BCUT2D eigenvalue weighted by atomic mass is 32.1. The number of carbonyl (C=O) groups is 3. The number of thiophene rings is 1. The van der Waals surface area contributed by atoms with Crippen LogP contribution in [0.15, 0.2) is 66.0 Å². The number of anilines is 2. The van der Waals surface area contributed by atoms with Crippen molar-refractivity contribution in [2.24, 2.45) is 0 Å². The summed E-state index contributed by atoms with van der Waals surface area (Å²) in [5.74, 6) is -2.93. The smallest absolute Gasteiger partial charge is 0.373 e. The second kappa shape index (κ2) is 10.7. The average Bonchev–Trinajstić information content (AvgIpc) is 3.38. The molecule has 0 aliphatic carbocycles. The number of methoxy groups -OCH3 is 1. The molecular weight excluding hydrogens is 489 g/mol. The number of amides is 2. The molecule has 3 aromatic carbocycles. The highest BCUT2D eigenvalue weighted by Crippen LogP contribution is 2.31. The van der Waals surface area contributed by atoms with E-state index in [1.807, 2.05) is 47.9 Å². The second-order valence-corrected chi connectivity index (χ2v) is 8.35. The minimum atomic E-state index is -1.31. The Hall–Kier alpha value is -4.64. The predicted molar refractivity (Wildman–Crippen MR) is 133 cm³/mol. The van der Waals surface area contributed by atoms with E-state index in [0.717, 1.165) is 33.7 Å². The van der Waals surface area contributed by atoms with Gasteiger partial charge in [-0.05, 0) is 33.8 Å². The van der Waals surface area contributed by atoms with Gasteiger partial charge in [0.05, 0.1) is 24.0 Å². The Bertz CT molecular complexity index is 1450. The molecule has 9 nitrogen and oxygen atoms in total. The van der Waals surface area contributed by atoms with Crippen LogP contribution in [0.2, 0.25) is 0 Å². The summed E-state index contributed by atoms with van der Waals surface area (Å²) >= 11 is 0.845. The maximum Gasteiger partial charge on any atom is 0.373 e. The Labute approximate surface area is 208 Å². The predicted octanol–water partition coefficient (Wildman–Crippen LogP) is 5.25. The number of fused-ring (bicyclic) bond motifs is 1. The minimum Gasteiger partial charge on any atom is -0.494 e. The molecule has 0 atom stereocenters. The Morgan fingerprint density at radius 1 is 1.03 bits per heavy atom. The van der Waals surface area contributed by atoms with Crippen LogP contribution < -0.4 is 20.9 Å². The van der Waals surface area contributed by atoms with Crippen molar-refractivity contribution in [3.05, 3.63) is 87.9 Å². The molecule has 4 aromatic rings. The van der Waals surface area contributed by atoms with Gasteiger partial charge in [-0.3, -0.25) is 0 Å². The summed E-state index contributed by atoms with van der Waals surface area (Å²) in [7, 11) is 1.40. The van der Waals surface area contributed by atoms with Gasteiger partial charge in [-0.25, -0.2) is 18.8 Å². The van der Waals surface area contributed by atoms with Crippen LogP contribution in [0.5, 0.6) is 5.75 Å². The third-order valence-corrected chi connectivity index (χ3v) is 6.10. The number of carbonyl (C=O) groups excluding carboxylic acids is 2. The SMILES string of the molecule is COc1cc(F)c(NC(=O)NOC(=O)c2sccc2C(=O)O)cc1NCc1cccc2ccccc12. The fraction of sp³-hybridized carbons (Fsp3) is 0.0800. The van der Waals surface area contributed by atoms with E-state index >= 15 is 0 Å². The number of ether oxygens (including phenoxy) is 1. The number of halogens is 1. The first-order chi connectivity index (χ1) is 17.4. The number of hydrogen-bond acceptors (Lipinski definition) is 7. The molecule has 11 heteroatoms. The van der Waals surface area contributed by atoms with Gasteiger partial charge in [0.2, 0.25) is 0 Å². The number of hydrogen-bond donors (Lipinski definition) is 4. The Balaban J connectivity index is 1.45. The zero-order chi connectivity index (χ0) is 25.7. The molecule has 2 amide bonds. The lowest BCUT2D eigenvalue weighted by Crippen LogP contribution is -2.31. The third-order valence-electron chi connectivity index (χ3n) is 5.20. The van der Waals surface area contributed by atoms with Gasteiger partial charge >= 0.3 is 18.0 Å². The average molecular weight is 510 g/mol. The molecule has 4 rings (SSSR count). The number of carboxylic acids is 1. The monoisotopic (exact) mass is 509 g/mol. The number of carboxylic acid groups (broad SMARTS) is 1. The number of rotatable bonds is 7. The molecule has 1 aromatic heterocycles. The summed E-state index contributed by atoms with van der Waals surface area (Å²) in [4.78, 5) is 39.9. The molecule has 0 bridgehead atoms. The van der Waals surface area contributed by atoms with E-state index in [0.29, 0.717) is 12.2 Å². The van der Waals surface area contributed by atoms with Crippen LogP contribution in [0.3, 0.4) is 0 Å². The Morgan fingerprint density at radius 3 is 2.58 bits per heavy atom. The summed E-state index contributed by atoms with van der Waals surface area (Å²) in [6.45, 7) is 0.402. The van der Waals surface area contributed by atoms with Gasteiger partial charge in [-0.1, -0.05) is 42.5 Å². The number of hydroxylamine groups is 1. The highest BCUT2D eigenvalue weighted by molar-refractivity contribution is 7.12. The molecule has 0 radical (unpaired) electrons. The quantitative estimate of drug-likeness (QED) is 0.251. The molecule has 0 aliphatic rings. The van der Waals surface area contributed by atoms with Crippen LogP contribution >= 0.6 is 11.3 Å². The van der Waals surface area contributed by atoms with E-state index in [9.17, 15) is 18.8 Å². The normalized spacial score (nSPS) is 10.5. The number of benzene rings is 3. The summed E-state index contributed by atoms with van der Waals surface area (Å²) in [6.07, 6.45) is 0. The standard InChI is InChI=1S/C25H20FN3O6S/c1-34-21-11-18(26)19(28-25(33)29-35-24(32)22-17(23(30)31)9-10-36-22)12-20(21)27-13-15-7-4-6-14-5-2-3-8-16(14)15/h2-12,27H,13H2,1H3,(H,30,31)(H2,28,29,33). The van der Waals surface area contributed by atoms with Gasteiger partial charge in [0, 0.05) is 12.6 Å². The van der Waals surface area contributed by atoms with E-state index in [-0.39, 0.29) is 21.9 Å². The molecule has 0 saturated carbocycles. The lowest BCUT2D eigenvalue weighted by molar-refractivity contribution is 0.0340. The number of urea groups is 1. The van der Waals surface area contributed by atoms with Crippen LogP contribution in [0.4, 0.5) is 20.6 Å². The maximum atomic E-state index is 14.6. The molecular formula is C25H20FN3O6S. The van der Waals surface area contributed by atoms with Gasteiger partial charge in [0.1, 0.15) is 10.6 Å². The van der Waals surface area contributed by atoms with Gasteiger partial charge in [-0.15, -0.1) is 11.3 Å². The van der Waals surface area contributed by atoms with Gasteiger partial charge in [0.15, 0.2) is 5.82 Å². The van der Waals surface area contributed by atoms with Crippen LogP contribution in [0, 0.1) is 5.82 Å². The van der Waals surface area contributed by atoms with E-state index in [1.165, 1.54) is 24.6 Å². The van der Waals surface area contributed by atoms with E-state index in [1.54, 1.807) is 0 Å². The van der Waals surface area contributed by atoms with Crippen molar-refractivity contribution in [2.45, 2.75) is 6.54 Å². The summed E-state index contributed by atoms with van der Waals surface area (Å²) in [5, 5.41) is 18.1. The van der Waals surface area contributed by atoms with Gasteiger partial charge in [-0.2, -0.15) is 5.48 Å². The summed E-state index contributed by atoms with van der Waals surface area (Å²) < 4.78 is 19.9. The summed E-state index contributed by atoms with van der Waals surface area (Å²) in [5.41, 5.74) is 2.81. The molecule has 1 heterocycles. The molecule has 0 fully saturated rings. The largest absolute Gasteiger partial charge is 0.494 e. The van der Waals surface area contributed by atoms with Crippen molar-refractivity contribution >= 4 is 51.5 Å². The minimum absolute atomic E-state index is 0.196. The van der Waals surface area contributed by atoms with Crippen molar-refractivity contribution in [3.63, 3.8) is 0 Å². The lowest BCUT2D eigenvalue weighted by Gasteiger charge is -2.15. The van der Waals surface area contributed by atoms with Crippen molar-refractivity contribution in [2.75, 3.05) is 17.7 Å². The molecule has 0 saturated heterocycles. The highest BCUT2D eigenvalue weighted by Gasteiger charge is 2.21. The first-order valence-corrected chi connectivity index (χ1v) is 11.4. The van der Waals surface area contributed by atoms with E-state index in [4.69, 9.17) is 9.84 Å². The van der Waals surface area contributed by atoms with Gasteiger partial charge in [0.25, 0.3) is 0 Å². The van der Waals surface area contributed by atoms with Crippen LogP contribution in [-0.2, 0) is 11.4 Å². The van der Waals surface area contributed by atoms with Crippen molar-refractivity contribution in [1.29, 1.82) is 0 Å². The summed E-state index contributed by atoms with van der Waals surface area (Å²) in [6, 6.07) is 16.5. The van der Waals surface area contributed by atoms with Crippen molar-refractivity contribution < 1.29 is 33.5 Å². The zero-order valence-corrected chi connectivity index (χ0v) is 19.6. The lowest BCUT2D eigenvalue weighted by atomic mass is 10.0. The molecule has 36 heavy (non-hydrogen) atoms. The van der Waals surface area contributed by atoms with Crippen LogP contribution in [0.25, 0.3) is 10.8 Å². The molecule has 184 valence electrons. The Kier molecular flexibility index (Phi) is 7.31. The fourth-order valence-electron chi connectivity index (χ4n) is 3.52. The molecule has 0 aliphatic heterocycles. The first-order valence-electron chi connectivity index (χ1n) is 10.5. The van der Waals surface area contributed by atoms with Crippen molar-refractivity contribution in [3.8, 4) is 5.75 Å². The van der Waals surface area contributed by atoms with Crippen LogP contribution in [0.1, 0.15) is 25.6 Å². The molecule has 0 spiro atoms.